The maximum absolute atomic E-state index is 12.0. The van der Waals surface area contributed by atoms with Crippen LogP contribution < -0.4 is 10.6 Å². The lowest BCUT2D eigenvalue weighted by atomic mass is 9.93. The zero-order chi connectivity index (χ0) is 14.2. The molecule has 0 aromatic rings. The molecule has 4 nitrogen and oxygen atoms in total. The van der Waals surface area contributed by atoms with Gasteiger partial charge in [-0.25, -0.2) is 0 Å². The zero-order valence-electron chi connectivity index (χ0n) is 13.0. The lowest BCUT2D eigenvalue weighted by Gasteiger charge is -2.29. The monoisotopic (exact) mass is 281 g/mol. The van der Waals surface area contributed by atoms with Gasteiger partial charge in [0, 0.05) is 19.0 Å². The minimum absolute atomic E-state index is 0.244. The molecule has 116 valence electrons. The van der Waals surface area contributed by atoms with Crippen molar-refractivity contribution in [2.45, 2.75) is 57.9 Å². The zero-order valence-corrected chi connectivity index (χ0v) is 13.0. The normalized spacial score (nSPS) is 23.4. The first-order valence-electron chi connectivity index (χ1n) is 8.46. The second-order valence-electron chi connectivity index (χ2n) is 6.56. The highest BCUT2D eigenvalue weighted by Crippen LogP contribution is 2.17. The van der Waals surface area contributed by atoms with Crippen LogP contribution in [0.25, 0.3) is 0 Å². The van der Waals surface area contributed by atoms with Crippen molar-refractivity contribution in [2.75, 3.05) is 32.7 Å². The van der Waals surface area contributed by atoms with E-state index in [4.69, 9.17) is 0 Å². The Bertz CT molecular complexity index is 283. The Balaban J connectivity index is 1.57. The molecule has 4 heteroatoms. The largest absolute Gasteiger partial charge is 0.352 e. The predicted octanol–water partition coefficient (Wildman–Crippen LogP) is 1.76. The van der Waals surface area contributed by atoms with Gasteiger partial charge in [-0.05, 0) is 71.1 Å². The van der Waals surface area contributed by atoms with E-state index in [2.05, 4.69) is 22.5 Å². The van der Waals surface area contributed by atoms with Crippen LogP contribution in [0.5, 0.6) is 0 Å². The summed E-state index contributed by atoms with van der Waals surface area (Å²) in [5.41, 5.74) is 0. The Kier molecular flexibility index (Phi) is 6.80. The topological polar surface area (TPSA) is 44.4 Å². The number of carbonyl (C=O) groups excluding carboxylic acids is 1. The third kappa shape index (κ3) is 5.80. The third-order valence-electron chi connectivity index (χ3n) is 4.63. The molecule has 2 saturated heterocycles. The smallest absolute Gasteiger partial charge is 0.220 e. The summed E-state index contributed by atoms with van der Waals surface area (Å²) in [7, 11) is 0. The van der Waals surface area contributed by atoms with Gasteiger partial charge in [0.25, 0.3) is 0 Å². The highest BCUT2D eigenvalue weighted by Gasteiger charge is 2.17. The van der Waals surface area contributed by atoms with Gasteiger partial charge < -0.3 is 15.5 Å². The SMILES string of the molecule is CC(CN1CCCCC1)NC(=O)CCC1CCNCC1. The molecule has 0 saturated carbocycles. The fourth-order valence-corrected chi connectivity index (χ4v) is 3.43. The van der Waals surface area contributed by atoms with E-state index in [0.29, 0.717) is 6.42 Å². The van der Waals surface area contributed by atoms with Crippen LogP contribution in [0.1, 0.15) is 51.9 Å². The molecular formula is C16H31N3O. The average Bonchev–Trinajstić information content (AvgIpc) is 2.47. The van der Waals surface area contributed by atoms with Crippen molar-refractivity contribution in [3.8, 4) is 0 Å². The van der Waals surface area contributed by atoms with E-state index in [-0.39, 0.29) is 11.9 Å². The number of hydrogen-bond acceptors (Lipinski definition) is 3. The number of carbonyl (C=O) groups is 1. The van der Waals surface area contributed by atoms with Gasteiger partial charge in [0.05, 0.1) is 0 Å². The molecule has 0 radical (unpaired) electrons. The molecule has 0 aromatic carbocycles. The van der Waals surface area contributed by atoms with Crippen LogP contribution >= 0.6 is 0 Å². The predicted molar refractivity (Wildman–Crippen MR) is 82.7 cm³/mol. The second-order valence-corrected chi connectivity index (χ2v) is 6.56. The number of nitrogens with zero attached hydrogens (tertiary/aromatic N) is 1. The molecule has 1 unspecified atom stereocenters. The van der Waals surface area contributed by atoms with Gasteiger partial charge in [-0.15, -0.1) is 0 Å². The summed E-state index contributed by atoms with van der Waals surface area (Å²) in [6.45, 7) is 7.80. The number of piperidine rings is 2. The summed E-state index contributed by atoms with van der Waals surface area (Å²) >= 11 is 0. The molecule has 2 aliphatic rings. The van der Waals surface area contributed by atoms with Crippen LogP contribution in [-0.4, -0.2) is 49.6 Å². The maximum atomic E-state index is 12.0. The fraction of sp³-hybridized carbons (Fsp3) is 0.938. The standard InChI is InChI=1S/C16H31N3O/c1-14(13-19-11-3-2-4-12-19)18-16(20)6-5-15-7-9-17-10-8-15/h14-15,17H,2-13H2,1H3,(H,18,20). The Morgan fingerprint density at radius 3 is 2.65 bits per heavy atom. The Hall–Kier alpha value is -0.610. The summed E-state index contributed by atoms with van der Waals surface area (Å²) in [5, 5.41) is 6.54. The highest BCUT2D eigenvalue weighted by molar-refractivity contribution is 5.76. The first-order chi connectivity index (χ1) is 9.74. The molecule has 1 atom stereocenters. The van der Waals surface area contributed by atoms with Gasteiger partial charge in [0.1, 0.15) is 0 Å². The van der Waals surface area contributed by atoms with Gasteiger partial charge in [-0.2, -0.15) is 0 Å². The summed E-state index contributed by atoms with van der Waals surface area (Å²) < 4.78 is 0. The van der Waals surface area contributed by atoms with Crippen molar-refractivity contribution < 1.29 is 4.79 Å². The summed E-state index contributed by atoms with van der Waals surface area (Å²) in [6.07, 6.45) is 8.23. The van der Waals surface area contributed by atoms with Crippen molar-refractivity contribution in [3.63, 3.8) is 0 Å². The molecule has 2 heterocycles. The quantitative estimate of drug-likeness (QED) is 0.780. The molecule has 0 spiro atoms. The lowest BCUT2D eigenvalue weighted by molar-refractivity contribution is -0.122. The summed E-state index contributed by atoms with van der Waals surface area (Å²) in [4.78, 5) is 14.5. The number of likely N-dealkylation sites (tertiary alicyclic amines) is 1. The Morgan fingerprint density at radius 2 is 1.95 bits per heavy atom. The molecule has 0 bridgehead atoms. The Labute approximate surface area is 123 Å². The molecular weight excluding hydrogens is 250 g/mol. The third-order valence-corrected chi connectivity index (χ3v) is 4.63. The molecule has 0 aliphatic carbocycles. The number of amides is 1. The first kappa shape index (κ1) is 15.8. The van der Waals surface area contributed by atoms with Crippen molar-refractivity contribution in [1.29, 1.82) is 0 Å². The highest BCUT2D eigenvalue weighted by atomic mass is 16.1. The van der Waals surface area contributed by atoms with Crippen molar-refractivity contribution >= 4 is 5.91 Å². The van der Waals surface area contributed by atoms with Gasteiger partial charge in [-0.3, -0.25) is 4.79 Å². The van der Waals surface area contributed by atoms with Crippen LogP contribution in [0.15, 0.2) is 0 Å². The van der Waals surface area contributed by atoms with E-state index in [1.165, 1.54) is 45.2 Å². The van der Waals surface area contributed by atoms with Gasteiger partial charge in [0.15, 0.2) is 0 Å². The van der Waals surface area contributed by atoms with Crippen molar-refractivity contribution in [2.24, 2.45) is 5.92 Å². The van der Waals surface area contributed by atoms with Gasteiger partial charge in [-0.1, -0.05) is 6.42 Å². The summed E-state index contributed by atoms with van der Waals surface area (Å²) in [6, 6.07) is 0.286. The van der Waals surface area contributed by atoms with Crippen molar-refractivity contribution in [3.05, 3.63) is 0 Å². The lowest BCUT2D eigenvalue weighted by Crippen LogP contribution is -2.43. The minimum Gasteiger partial charge on any atom is -0.352 e. The fourth-order valence-electron chi connectivity index (χ4n) is 3.43. The van der Waals surface area contributed by atoms with Crippen LogP contribution in [0, 0.1) is 5.92 Å². The molecule has 0 aromatic heterocycles. The van der Waals surface area contributed by atoms with Crippen molar-refractivity contribution in [1.82, 2.24) is 15.5 Å². The van der Waals surface area contributed by atoms with E-state index in [0.717, 1.165) is 32.0 Å². The molecule has 2 aliphatic heterocycles. The second kappa shape index (κ2) is 8.63. The van der Waals surface area contributed by atoms with E-state index in [9.17, 15) is 4.79 Å². The van der Waals surface area contributed by atoms with Crippen LogP contribution in [0.4, 0.5) is 0 Å². The number of nitrogens with one attached hydrogen (secondary N) is 2. The molecule has 2 rings (SSSR count). The van der Waals surface area contributed by atoms with Crippen LogP contribution in [0.3, 0.4) is 0 Å². The number of hydrogen-bond donors (Lipinski definition) is 2. The summed E-state index contributed by atoms with van der Waals surface area (Å²) in [5.74, 6) is 0.993. The molecule has 2 fully saturated rings. The number of rotatable bonds is 6. The maximum Gasteiger partial charge on any atom is 0.220 e. The molecule has 2 N–H and O–H groups in total. The van der Waals surface area contributed by atoms with E-state index >= 15 is 0 Å². The van der Waals surface area contributed by atoms with Crippen LogP contribution in [0.2, 0.25) is 0 Å². The average molecular weight is 281 g/mol. The van der Waals surface area contributed by atoms with E-state index in [1.54, 1.807) is 0 Å². The molecule has 1 amide bonds. The van der Waals surface area contributed by atoms with Gasteiger partial charge in [0.2, 0.25) is 5.91 Å². The molecule has 20 heavy (non-hydrogen) atoms. The van der Waals surface area contributed by atoms with E-state index < -0.39 is 0 Å². The van der Waals surface area contributed by atoms with Gasteiger partial charge >= 0.3 is 0 Å². The minimum atomic E-state index is 0.244. The van der Waals surface area contributed by atoms with Crippen LogP contribution in [-0.2, 0) is 4.79 Å². The Morgan fingerprint density at radius 1 is 1.25 bits per heavy atom. The van der Waals surface area contributed by atoms with E-state index in [1.807, 2.05) is 0 Å². The first-order valence-corrected chi connectivity index (χ1v) is 8.46.